The number of nitrogens with one attached hydrogen (secondary N) is 2. The molecule has 0 saturated heterocycles. The molecule has 2 rings (SSSR count). The number of rotatable bonds is 7. The molecular weight excluding hydrogens is 304 g/mol. The van der Waals surface area contributed by atoms with Gasteiger partial charge in [-0.25, -0.2) is 0 Å². The number of anilines is 1. The van der Waals surface area contributed by atoms with Crippen LogP contribution in [0.1, 0.15) is 37.3 Å². The van der Waals surface area contributed by atoms with Crippen molar-refractivity contribution in [2.75, 3.05) is 11.9 Å². The van der Waals surface area contributed by atoms with Gasteiger partial charge in [-0.2, -0.15) is 0 Å². The van der Waals surface area contributed by atoms with E-state index in [1.807, 2.05) is 19.1 Å². The summed E-state index contributed by atoms with van der Waals surface area (Å²) in [7, 11) is 0. The summed E-state index contributed by atoms with van der Waals surface area (Å²) in [5.74, 6) is -1.13. The molecule has 1 aliphatic rings. The van der Waals surface area contributed by atoms with Crippen molar-refractivity contribution >= 4 is 30.0 Å². The zero-order valence-electron chi connectivity index (χ0n) is 12.7. The van der Waals surface area contributed by atoms with Crippen LogP contribution in [0.2, 0.25) is 0 Å². The minimum atomic E-state index is -0.915. The normalized spacial score (nSPS) is 13.9. The topological polar surface area (TPSA) is 78.4 Å². The first-order valence-corrected chi connectivity index (χ1v) is 7.48. The first-order valence-electron chi connectivity index (χ1n) is 7.48. The monoisotopic (exact) mass is 326 g/mol. The van der Waals surface area contributed by atoms with E-state index in [1.165, 1.54) is 17.5 Å². The molecule has 0 aromatic heterocycles. The van der Waals surface area contributed by atoms with Crippen LogP contribution in [0, 0.1) is 0 Å². The van der Waals surface area contributed by atoms with Gasteiger partial charge < -0.3 is 10.4 Å². The number of carboxylic acids is 1. The van der Waals surface area contributed by atoms with Gasteiger partial charge in [-0.3, -0.25) is 14.9 Å². The van der Waals surface area contributed by atoms with Crippen molar-refractivity contribution in [2.24, 2.45) is 0 Å². The molecule has 0 bridgehead atoms. The SMILES string of the molecule is CCCC(NCC(=O)Nc1ccc2c(c1)CCC2)C(=O)O.Cl. The van der Waals surface area contributed by atoms with Crippen molar-refractivity contribution in [1.82, 2.24) is 5.32 Å². The van der Waals surface area contributed by atoms with Gasteiger partial charge >= 0.3 is 5.97 Å². The predicted molar refractivity (Wildman–Crippen MR) is 88.7 cm³/mol. The van der Waals surface area contributed by atoms with Gasteiger partial charge in [-0.15, -0.1) is 12.4 Å². The molecule has 0 heterocycles. The average molecular weight is 327 g/mol. The highest BCUT2D eigenvalue weighted by atomic mass is 35.5. The zero-order valence-corrected chi connectivity index (χ0v) is 13.5. The molecule has 1 aromatic carbocycles. The third-order valence-electron chi connectivity index (χ3n) is 3.77. The van der Waals surface area contributed by atoms with Gasteiger partial charge in [-0.05, 0) is 48.9 Å². The van der Waals surface area contributed by atoms with Gasteiger partial charge in [0.05, 0.1) is 6.54 Å². The van der Waals surface area contributed by atoms with Crippen LogP contribution in [-0.4, -0.2) is 29.6 Å². The number of aryl methyl sites for hydroxylation is 2. The maximum Gasteiger partial charge on any atom is 0.320 e. The van der Waals surface area contributed by atoms with Crippen LogP contribution < -0.4 is 10.6 Å². The van der Waals surface area contributed by atoms with E-state index in [-0.39, 0.29) is 24.9 Å². The van der Waals surface area contributed by atoms with Crippen LogP contribution in [-0.2, 0) is 22.4 Å². The van der Waals surface area contributed by atoms with Gasteiger partial charge in [0.2, 0.25) is 5.91 Å². The van der Waals surface area contributed by atoms with Crippen LogP contribution in [0.15, 0.2) is 18.2 Å². The van der Waals surface area contributed by atoms with Crippen molar-refractivity contribution in [2.45, 2.75) is 45.1 Å². The van der Waals surface area contributed by atoms with Crippen molar-refractivity contribution in [3.63, 3.8) is 0 Å². The van der Waals surface area contributed by atoms with E-state index in [0.29, 0.717) is 6.42 Å². The van der Waals surface area contributed by atoms with E-state index in [0.717, 1.165) is 24.9 Å². The second kappa shape index (κ2) is 8.76. The quantitative estimate of drug-likeness (QED) is 0.719. The number of carboxylic acid groups (broad SMARTS) is 1. The van der Waals surface area contributed by atoms with Crippen LogP contribution in [0.3, 0.4) is 0 Å². The van der Waals surface area contributed by atoms with E-state index < -0.39 is 12.0 Å². The number of halogens is 1. The first kappa shape index (κ1) is 18.5. The lowest BCUT2D eigenvalue weighted by Gasteiger charge is -2.13. The lowest BCUT2D eigenvalue weighted by molar-refractivity contribution is -0.139. The Morgan fingerprint density at radius 3 is 2.68 bits per heavy atom. The van der Waals surface area contributed by atoms with Crippen LogP contribution >= 0.6 is 12.4 Å². The Bertz CT molecular complexity index is 534. The molecule has 0 spiro atoms. The third kappa shape index (κ3) is 5.00. The number of fused-ring (bicyclic) bond motifs is 1. The zero-order chi connectivity index (χ0) is 15.2. The number of hydrogen-bond donors (Lipinski definition) is 3. The van der Waals surface area contributed by atoms with Gasteiger partial charge in [-0.1, -0.05) is 19.4 Å². The van der Waals surface area contributed by atoms with E-state index in [9.17, 15) is 9.59 Å². The van der Waals surface area contributed by atoms with E-state index >= 15 is 0 Å². The number of carbonyl (C=O) groups excluding carboxylic acids is 1. The molecule has 0 fully saturated rings. The summed E-state index contributed by atoms with van der Waals surface area (Å²) >= 11 is 0. The Morgan fingerprint density at radius 2 is 2.00 bits per heavy atom. The third-order valence-corrected chi connectivity index (χ3v) is 3.77. The summed E-state index contributed by atoms with van der Waals surface area (Å²) in [4.78, 5) is 22.9. The highest BCUT2D eigenvalue weighted by Gasteiger charge is 2.17. The Hall–Kier alpha value is -1.59. The summed E-state index contributed by atoms with van der Waals surface area (Å²) in [5, 5.41) is 14.6. The van der Waals surface area contributed by atoms with Gasteiger partial charge in [0.15, 0.2) is 0 Å². The molecule has 1 aromatic rings. The minimum absolute atomic E-state index is 0. The Morgan fingerprint density at radius 1 is 1.27 bits per heavy atom. The highest BCUT2D eigenvalue weighted by Crippen LogP contribution is 2.24. The fourth-order valence-electron chi connectivity index (χ4n) is 2.67. The van der Waals surface area contributed by atoms with Crippen molar-refractivity contribution in [3.8, 4) is 0 Å². The van der Waals surface area contributed by atoms with Crippen molar-refractivity contribution in [1.29, 1.82) is 0 Å². The molecular formula is C16H23ClN2O3. The molecule has 6 heteroatoms. The lowest BCUT2D eigenvalue weighted by Crippen LogP contribution is -2.41. The van der Waals surface area contributed by atoms with Gasteiger partial charge in [0.1, 0.15) is 6.04 Å². The fraction of sp³-hybridized carbons (Fsp3) is 0.500. The summed E-state index contributed by atoms with van der Waals surface area (Å²) in [6, 6.07) is 5.31. The maximum atomic E-state index is 11.9. The molecule has 0 radical (unpaired) electrons. The molecule has 1 aliphatic carbocycles. The highest BCUT2D eigenvalue weighted by molar-refractivity contribution is 5.92. The molecule has 122 valence electrons. The molecule has 1 amide bonds. The molecule has 5 nitrogen and oxygen atoms in total. The minimum Gasteiger partial charge on any atom is -0.480 e. The summed E-state index contributed by atoms with van der Waals surface area (Å²) < 4.78 is 0. The molecule has 0 saturated carbocycles. The number of carbonyl (C=O) groups is 2. The number of benzene rings is 1. The molecule has 1 unspecified atom stereocenters. The van der Waals surface area contributed by atoms with Crippen molar-refractivity contribution in [3.05, 3.63) is 29.3 Å². The fourth-order valence-corrected chi connectivity index (χ4v) is 2.67. The largest absolute Gasteiger partial charge is 0.480 e. The second-order valence-electron chi connectivity index (χ2n) is 5.45. The number of amides is 1. The average Bonchev–Trinajstić information content (AvgIpc) is 2.90. The Balaban J connectivity index is 0.00000242. The predicted octanol–water partition coefficient (Wildman–Crippen LogP) is 2.38. The van der Waals surface area contributed by atoms with Crippen LogP contribution in [0.25, 0.3) is 0 Å². The number of hydrogen-bond acceptors (Lipinski definition) is 3. The smallest absolute Gasteiger partial charge is 0.320 e. The summed E-state index contributed by atoms with van der Waals surface area (Å²) in [6.07, 6.45) is 4.63. The van der Waals surface area contributed by atoms with E-state index in [2.05, 4.69) is 16.7 Å². The van der Waals surface area contributed by atoms with E-state index in [4.69, 9.17) is 5.11 Å². The van der Waals surface area contributed by atoms with E-state index in [1.54, 1.807) is 0 Å². The summed E-state index contributed by atoms with van der Waals surface area (Å²) in [6.45, 7) is 1.93. The van der Waals surface area contributed by atoms with Crippen molar-refractivity contribution < 1.29 is 14.7 Å². The lowest BCUT2D eigenvalue weighted by atomic mass is 10.1. The number of aliphatic carboxylic acids is 1. The molecule has 0 aliphatic heterocycles. The first-order chi connectivity index (χ1) is 10.1. The molecule has 1 atom stereocenters. The van der Waals surface area contributed by atoms with Crippen LogP contribution in [0.5, 0.6) is 0 Å². The Labute approximate surface area is 136 Å². The molecule has 22 heavy (non-hydrogen) atoms. The standard InChI is InChI=1S/C16H22N2O3.ClH/c1-2-4-14(16(20)21)17-10-15(19)18-13-8-7-11-5-3-6-12(11)9-13;/h7-9,14,17H,2-6,10H2,1H3,(H,18,19)(H,20,21);1H. The van der Waals surface area contributed by atoms with Crippen LogP contribution in [0.4, 0.5) is 5.69 Å². The maximum absolute atomic E-state index is 11.9. The van der Waals surface area contributed by atoms with Gasteiger partial charge in [0.25, 0.3) is 0 Å². The molecule has 3 N–H and O–H groups in total. The summed E-state index contributed by atoms with van der Waals surface area (Å²) in [5.41, 5.74) is 3.44. The van der Waals surface area contributed by atoms with Gasteiger partial charge in [0, 0.05) is 5.69 Å². The Kier molecular flexibility index (Phi) is 7.35. The second-order valence-corrected chi connectivity index (χ2v) is 5.45.